The number of thioether (sulfide) groups is 1. The van der Waals surface area contributed by atoms with Crippen LogP contribution in [0.5, 0.6) is 0 Å². The summed E-state index contributed by atoms with van der Waals surface area (Å²) in [6, 6.07) is 13.0. The van der Waals surface area contributed by atoms with Gasteiger partial charge in [0.1, 0.15) is 4.83 Å². The number of amides is 1. The molecule has 6 nitrogen and oxygen atoms in total. The third-order valence-corrected chi connectivity index (χ3v) is 5.93. The van der Waals surface area contributed by atoms with Crippen molar-refractivity contribution in [2.75, 3.05) is 11.1 Å². The van der Waals surface area contributed by atoms with Crippen molar-refractivity contribution in [2.24, 2.45) is 0 Å². The fraction of sp³-hybridized carbons (Fsp3) is 0.0526. The van der Waals surface area contributed by atoms with Crippen LogP contribution in [-0.4, -0.2) is 26.6 Å². The van der Waals surface area contributed by atoms with Crippen LogP contribution in [0.4, 0.5) is 5.69 Å². The van der Waals surface area contributed by atoms with Crippen LogP contribution in [0.2, 0.25) is 5.15 Å². The topological polar surface area (TPSA) is 87.7 Å². The normalized spacial score (nSPS) is 10.9. The second-order valence-corrected chi connectivity index (χ2v) is 7.93. The molecule has 0 aliphatic rings. The van der Waals surface area contributed by atoms with Gasteiger partial charge in [0.25, 0.3) is 5.56 Å². The third kappa shape index (κ3) is 3.94. The zero-order valence-corrected chi connectivity index (χ0v) is 16.7. The number of H-pyrrole nitrogens is 1. The summed E-state index contributed by atoms with van der Waals surface area (Å²) in [7, 11) is 0. The van der Waals surface area contributed by atoms with Gasteiger partial charge in [0.2, 0.25) is 5.91 Å². The molecule has 1 aromatic carbocycles. The van der Waals surface area contributed by atoms with Gasteiger partial charge in [0.05, 0.1) is 16.8 Å². The van der Waals surface area contributed by atoms with Crippen LogP contribution in [0.25, 0.3) is 21.3 Å². The lowest BCUT2D eigenvalue weighted by molar-refractivity contribution is -0.113. The van der Waals surface area contributed by atoms with Crippen molar-refractivity contribution in [3.63, 3.8) is 0 Å². The first kappa shape index (κ1) is 18.7. The van der Waals surface area contributed by atoms with Crippen LogP contribution >= 0.6 is 34.7 Å². The Morgan fingerprint density at radius 1 is 1.21 bits per heavy atom. The Morgan fingerprint density at radius 3 is 2.82 bits per heavy atom. The fourth-order valence-corrected chi connectivity index (χ4v) is 4.46. The minimum absolute atomic E-state index is 0.0799. The number of hydrogen-bond acceptors (Lipinski definition) is 6. The zero-order chi connectivity index (χ0) is 19.5. The van der Waals surface area contributed by atoms with E-state index in [-0.39, 0.29) is 22.4 Å². The summed E-state index contributed by atoms with van der Waals surface area (Å²) in [4.78, 5) is 36.5. The first-order valence-corrected chi connectivity index (χ1v) is 10.5. The Labute approximate surface area is 173 Å². The number of pyridine rings is 1. The van der Waals surface area contributed by atoms with Crippen molar-refractivity contribution in [1.82, 2.24) is 15.0 Å². The zero-order valence-electron chi connectivity index (χ0n) is 14.3. The lowest BCUT2D eigenvalue weighted by atomic mass is 10.1. The number of benzene rings is 1. The summed E-state index contributed by atoms with van der Waals surface area (Å²) in [5.41, 5.74) is 2.05. The number of carbonyl (C=O) groups is 1. The van der Waals surface area contributed by atoms with E-state index in [1.54, 1.807) is 18.3 Å². The molecule has 3 heterocycles. The summed E-state index contributed by atoms with van der Waals surface area (Å²) in [6.45, 7) is 0. The number of hydrogen-bond donors (Lipinski definition) is 2. The van der Waals surface area contributed by atoms with Crippen molar-refractivity contribution >= 4 is 56.5 Å². The highest BCUT2D eigenvalue weighted by atomic mass is 35.5. The average Bonchev–Trinajstić information content (AvgIpc) is 3.13. The van der Waals surface area contributed by atoms with E-state index < -0.39 is 0 Å². The van der Waals surface area contributed by atoms with Crippen LogP contribution in [0.15, 0.2) is 64.0 Å². The first-order valence-electron chi connectivity index (χ1n) is 8.22. The lowest BCUT2D eigenvalue weighted by Crippen LogP contribution is -2.16. The van der Waals surface area contributed by atoms with Gasteiger partial charge in [-0.25, -0.2) is 9.97 Å². The van der Waals surface area contributed by atoms with Crippen molar-refractivity contribution < 1.29 is 4.79 Å². The molecule has 9 heteroatoms. The molecule has 3 aromatic heterocycles. The molecule has 4 rings (SSSR count). The molecule has 0 spiro atoms. The minimum Gasteiger partial charge on any atom is -0.323 e. The number of nitrogens with one attached hydrogen (secondary N) is 2. The smallest absolute Gasteiger partial charge is 0.260 e. The maximum absolute atomic E-state index is 12.6. The number of anilines is 1. The molecule has 1 amide bonds. The largest absolute Gasteiger partial charge is 0.323 e. The van der Waals surface area contributed by atoms with E-state index in [9.17, 15) is 9.59 Å². The Morgan fingerprint density at radius 2 is 2.04 bits per heavy atom. The van der Waals surface area contributed by atoms with Gasteiger partial charge in [0, 0.05) is 17.1 Å². The van der Waals surface area contributed by atoms with Gasteiger partial charge in [-0.15, -0.1) is 11.3 Å². The minimum atomic E-state index is -0.265. The molecule has 0 fully saturated rings. The van der Waals surface area contributed by atoms with Crippen molar-refractivity contribution in [3.05, 3.63) is 69.5 Å². The summed E-state index contributed by atoms with van der Waals surface area (Å²) in [5, 5.41) is 5.79. The van der Waals surface area contributed by atoms with Gasteiger partial charge in [-0.3, -0.25) is 9.59 Å². The van der Waals surface area contributed by atoms with Crippen LogP contribution in [0.3, 0.4) is 0 Å². The van der Waals surface area contributed by atoms with E-state index in [1.165, 1.54) is 11.3 Å². The predicted molar refractivity (Wildman–Crippen MR) is 114 cm³/mol. The van der Waals surface area contributed by atoms with Gasteiger partial charge < -0.3 is 10.3 Å². The molecular formula is C19H13ClN4O2S2. The van der Waals surface area contributed by atoms with Crippen LogP contribution < -0.4 is 10.9 Å². The average molecular weight is 429 g/mol. The molecule has 2 N–H and O–H groups in total. The number of aromatic amines is 1. The molecule has 0 saturated heterocycles. The highest BCUT2D eigenvalue weighted by Crippen LogP contribution is 2.31. The fourth-order valence-electron chi connectivity index (χ4n) is 2.63. The van der Waals surface area contributed by atoms with Crippen LogP contribution in [0.1, 0.15) is 0 Å². The van der Waals surface area contributed by atoms with E-state index in [0.717, 1.165) is 22.9 Å². The molecule has 0 aliphatic heterocycles. The number of thiophene rings is 1. The van der Waals surface area contributed by atoms with Crippen LogP contribution in [-0.2, 0) is 4.79 Å². The summed E-state index contributed by atoms with van der Waals surface area (Å²) < 4.78 is 0. The van der Waals surface area contributed by atoms with Gasteiger partial charge in [-0.1, -0.05) is 53.7 Å². The molecule has 0 radical (unpaired) electrons. The van der Waals surface area contributed by atoms with E-state index in [0.29, 0.717) is 21.1 Å². The van der Waals surface area contributed by atoms with Gasteiger partial charge in [-0.05, 0) is 17.7 Å². The van der Waals surface area contributed by atoms with Gasteiger partial charge in [0.15, 0.2) is 10.3 Å². The molecule has 140 valence electrons. The number of halogens is 1. The summed E-state index contributed by atoms with van der Waals surface area (Å²) in [5.74, 6) is -0.185. The number of aromatic nitrogens is 3. The predicted octanol–water partition coefficient (Wildman–Crippen LogP) is 4.43. The highest BCUT2D eigenvalue weighted by molar-refractivity contribution is 7.99. The molecule has 4 aromatic rings. The molecule has 0 saturated carbocycles. The highest BCUT2D eigenvalue weighted by Gasteiger charge is 2.14. The Bertz CT molecular complexity index is 1210. The molecular weight excluding hydrogens is 416 g/mol. The second-order valence-electron chi connectivity index (χ2n) is 5.75. The second kappa shape index (κ2) is 8.14. The quantitative estimate of drug-likeness (QED) is 0.279. The summed E-state index contributed by atoms with van der Waals surface area (Å²) in [6.07, 6.45) is 1.54. The van der Waals surface area contributed by atoms with Crippen molar-refractivity contribution in [3.8, 4) is 11.1 Å². The van der Waals surface area contributed by atoms with E-state index in [1.807, 2.05) is 35.7 Å². The Hall–Kier alpha value is -2.68. The third-order valence-electron chi connectivity index (χ3n) is 3.88. The maximum atomic E-state index is 12.6. The SMILES string of the molecule is O=C(CSc1nc2scc(-c3ccccc3)c2c(=O)[nH]1)Nc1cccnc1Cl. The maximum Gasteiger partial charge on any atom is 0.260 e. The number of carbonyl (C=O) groups excluding carboxylic acids is 1. The molecule has 0 unspecified atom stereocenters. The van der Waals surface area contributed by atoms with Gasteiger partial charge >= 0.3 is 0 Å². The molecule has 0 aliphatic carbocycles. The van der Waals surface area contributed by atoms with Crippen molar-refractivity contribution in [1.29, 1.82) is 0 Å². The standard InChI is InChI=1S/C19H13ClN4O2S2/c20-16-13(7-4-8-21-16)22-14(25)10-28-19-23-17(26)15-12(9-27-18(15)24-19)11-5-2-1-3-6-11/h1-9H,10H2,(H,22,25)(H,23,24,26). The van der Waals surface area contributed by atoms with E-state index >= 15 is 0 Å². The van der Waals surface area contributed by atoms with Crippen LogP contribution in [0, 0.1) is 0 Å². The van der Waals surface area contributed by atoms with E-state index in [2.05, 4.69) is 20.3 Å². The Balaban J connectivity index is 1.52. The van der Waals surface area contributed by atoms with Gasteiger partial charge in [-0.2, -0.15) is 0 Å². The number of fused-ring (bicyclic) bond motifs is 1. The van der Waals surface area contributed by atoms with E-state index in [4.69, 9.17) is 11.6 Å². The molecule has 28 heavy (non-hydrogen) atoms. The summed E-state index contributed by atoms with van der Waals surface area (Å²) >= 11 is 8.49. The number of nitrogens with zero attached hydrogens (tertiary/aromatic N) is 2. The molecule has 0 bridgehead atoms. The first-order chi connectivity index (χ1) is 13.6. The monoisotopic (exact) mass is 428 g/mol. The molecule has 0 atom stereocenters. The lowest BCUT2D eigenvalue weighted by Gasteiger charge is -2.06. The number of rotatable bonds is 5. The Kier molecular flexibility index (Phi) is 5.43. The van der Waals surface area contributed by atoms with Crippen molar-refractivity contribution in [2.45, 2.75) is 5.16 Å².